The predicted molar refractivity (Wildman–Crippen MR) is 94.8 cm³/mol. The first-order chi connectivity index (χ1) is 12.1. The third-order valence-electron chi connectivity index (χ3n) is 3.35. The highest BCUT2D eigenvalue weighted by Gasteiger charge is 2.18. The van der Waals surface area contributed by atoms with E-state index in [0.717, 1.165) is 6.42 Å². The molecule has 0 unspecified atom stereocenters. The van der Waals surface area contributed by atoms with E-state index in [4.69, 9.17) is 25.8 Å². The Labute approximate surface area is 151 Å². The molecule has 0 radical (unpaired) electrons. The number of hydrogen-bond donors (Lipinski definition) is 0. The Morgan fingerprint density at radius 2 is 1.80 bits per heavy atom. The predicted octanol–water partition coefficient (Wildman–Crippen LogP) is 4.18. The van der Waals surface area contributed by atoms with E-state index in [-0.39, 0.29) is 23.0 Å². The van der Waals surface area contributed by atoms with Crippen molar-refractivity contribution in [3.63, 3.8) is 0 Å². The average Bonchev–Trinajstić information content (AvgIpc) is 2.64. The first-order valence-electron chi connectivity index (χ1n) is 7.82. The number of ether oxygens (including phenoxy) is 3. The molecular weight excluding hydrogens is 344 g/mol. The normalized spacial score (nSPS) is 10.2. The van der Waals surface area contributed by atoms with Gasteiger partial charge in [-0.25, -0.2) is 4.79 Å². The van der Waals surface area contributed by atoms with Crippen LogP contribution in [0.2, 0.25) is 5.02 Å². The van der Waals surface area contributed by atoms with Gasteiger partial charge in [0, 0.05) is 5.56 Å². The van der Waals surface area contributed by atoms with Gasteiger partial charge in [0.2, 0.25) is 0 Å². The molecule has 25 heavy (non-hydrogen) atoms. The molecule has 0 aliphatic carbocycles. The summed E-state index contributed by atoms with van der Waals surface area (Å²) in [6, 6.07) is 11.5. The number of halogens is 1. The molecule has 0 saturated heterocycles. The van der Waals surface area contributed by atoms with E-state index in [9.17, 15) is 9.59 Å². The Morgan fingerprint density at radius 3 is 2.44 bits per heavy atom. The van der Waals surface area contributed by atoms with E-state index in [1.807, 2.05) is 6.92 Å². The Bertz CT molecular complexity index is 743. The highest BCUT2D eigenvalue weighted by Crippen LogP contribution is 2.36. The monoisotopic (exact) mass is 362 g/mol. The van der Waals surface area contributed by atoms with Gasteiger partial charge >= 0.3 is 5.97 Å². The number of carbonyl (C=O) groups is 2. The van der Waals surface area contributed by atoms with Crippen LogP contribution in [0, 0.1) is 0 Å². The van der Waals surface area contributed by atoms with Gasteiger partial charge in [0.15, 0.2) is 23.9 Å². The lowest BCUT2D eigenvalue weighted by Gasteiger charge is -2.13. The largest absolute Gasteiger partial charge is 0.493 e. The van der Waals surface area contributed by atoms with Gasteiger partial charge < -0.3 is 14.2 Å². The summed E-state index contributed by atoms with van der Waals surface area (Å²) in [7, 11) is 1.46. The summed E-state index contributed by atoms with van der Waals surface area (Å²) in [5.74, 6) is -0.230. The van der Waals surface area contributed by atoms with Crippen LogP contribution in [0.1, 0.15) is 34.1 Å². The fourth-order valence-electron chi connectivity index (χ4n) is 2.10. The Morgan fingerprint density at radius 1 is 1.08 bits per heavy atom. The molecule has 0 fully saturated rings. The number of rotatable bonds is 8. The quantitative estimate of drug-likeness (QED) is 0.520. The maximum absolute atomic E-state index is 12.2. The van der Waals surface area contributed by atoms with Gasteiger partial charge in [-0.05, 0) is 18.6 Å². The molecule has 132 valence electrons. The van der Waals surface area contributed by atoms with Crippen molar-refractivity contribution in [2.24, 2.45) is 0 Å². The summed E-state index contributed by atoms with van der Waals surface area (Å²) in [5, 5.41) is 0.245. The lowest BCUT2D eigenvalue weighted by Crippen LogP contribution is -2.14. The second-order valence-electron chi connectivity index (χ2n) is 5.20. The van der Waals surface area contributed by atoms with Gasteiger partial charge in [0.05, 0.1) is 24.3 Å². The van der Waals surface area contributed by atoms with Crippen LogP contribution in [-0.2, 0) is 4.74 Å². The molecular formula is C19H19ClO5. The molecule has 0 saturated carbocycles. The smallest absolute Gasteiger partial charge is 0.338 e. The first-order valence-corrected chi connectivity index (χ1v) is 8.20. The van der Waals surface area contributed by atoms with E-state index < -0.39 is 5.97 Å². The third kappa shape index (κ3) is 4.97. The summed E-state index contributed by atoms with van der Waals surface area (Å²) in [6.07, 6.45) is 0.810. The van der Waals surface area contributed by atoms with E-state index in [1.54, 1.807) is 30.3 Å². The second-order valence-corrected chi connectivity index (χ2v) is 5.61. The van der Waals surface area contributed by atoms with Crippen LogP contribution in [0.5, 0.6) is 11.5 Å². The van der Waals surface area contributed by atoms with Crippen LogP contribution < -0.4 is 9.47 Å². The molecule has 2 aromatic carbocycles. The van der Waals surface area contributed by atoms with Crippen molar-refractivity contribution in [1.29, 1.82) is 0 Å². The third-order valence-corrected chi connectivity index (χ3v) is 3.63. The fourth-order valence-corrected chi connectivity index (χ4v) is 2.37. The van der Waals surface area contributed by atoms with E-state index in [1.165, 1.54) is 19.2 Å². The standard InChI is InChI=1S/C19H19ClO5/c1-3-9-24-18-15(20)10-14(11-17(18)23-2)19(22)25-12-16(21)13-7-5-4-6-8-13/h4-8,10-11H,3,9,12H2,1-2H3. The van der Waals surface area contributed by atoms with E-state index >= 15 is 0 Å². The van der Waals surface area contributed by atoms with Crippen molar-refractivity contribution >= 4 is 23.4 Å². The number of benzene rings is 2. The van der Waals surface area contributed by atoms with E-state index in [2.05, 4.69) is 0 Å². The minimum atomic E-state index is -0.661. The van der Waals surface area contributed by atoms with Gasteiger partial charge in [-0.3, -0.25) is 4.79 Å². The maximum Gasteiger partial charge on any atom is 0.338 e. The van der Waals surface area contributed by atoms with Crippen molar-refractivity contribution in [3.8, 4) is 11.5 Å². The second kappa shape index (κ2) is 9.08. The molecule has 0 atom stereocenters. The molecule has 0 spiro atoms. The molecule has 0 amide bonds. The van der Waals surface area contributed by atoms with Gasteiger partial charge in [-0.15, -0.1) is 0 Å². The van der Waals surface area contributed by atoms with Crippen molar-refractivity contribution in [1.82, 2.24) is 0 Å². The van der Waals surface area contributed by atoms with Crippen molar-refractivity contribution in [2.45, 2.75) is 13.3 Å². The molecule has 5 nitrogen and oxygen atoms in total. The molecule has 0 aliphatic rings. The molecule has 0 bridgehead atoms. The number of carbonyl (C=O) groups excluding carboxylic acids is 2. The number of hydrogen-bond acceptors (Lipinski definition) is 5. The highest BCUT2D eigenvalue weighted by atomic mass is 35.5. The zero-order chi connectivity index (χ0) is 18.2. The minimum Gasteiger partial charge on any atom is -0.493 e. The van der Waals surface area contributed by atoms with Crippen LogP contribution in [0.25, 0.3) is 0 Å². The first kappa shape index (κ1) is 18.8. The van der Waals surface area contributed by atoms with Crippen molar-refractivity contribution < 1.29 is 23.8 Å². The van der Waals surface area contributed by atoms with Gasteiger partial charge in [0.1, 0.15) is 0 Å². The Hall–Kier alpha value is -2.53. The number of ketones is 1. The minimum absolute atomic E-state index is 0.187. The number of esters is 1. The lowest BCUT2D eigenvalue weighted by molar-refractivity contribution is 0.0474. The Kier molecular flexibility index (Phi) is 6.83. The van der Waals surface area contributed by atoms with Gasteiger partial charge in [-0.2, -0.15) is 0 Å². The van der Waals surface area contributed by atoms with Crippen LogP contribution >= 0.6 is 11.6 Å². The topological polar surface area (TPSA) is 61.8 Å². The average molecular weight is 363 g/mol. The van der Waals surface area contributed by atoms with Crippen molar-refractivity contribution in [3.05, 3.63) is 58.6 Å². The zero-order valence-electron chi connectivity index (χ0n) is 14.1. The molecule has 0 aliphatic heterocycles. The summed E-state index contributed by atoms with van der Waals surface area (Å²) in [6.45, 7) is 2.10. The molecule has 0 heterocycles. The summed E-state index contributed by atoms with van der Waals surface area (Å²) >= 11 is 6.17. The van der Waals surface area contributed by atoms with Crippen molar-refractivity contribution in [2.75, 3.05) is 20.3 Å². The summed E-state index contributed by atoms with van der Waals surface area (Å²) < 4.78 is 15.8. The maximum atomic E-state index is 12.2. The SMILES string of the molecule is CCCOc1c(Cl)cc(C(=O)OCC(=O)c2ccccc2)cc1OC. The number of methoxy groups -OCH3 is 1. The van der Waals surface area contributed by atoms with Gasteiger partial charge in [-0.1, -0.05) is 48.9 Å². The zero-order valence-corrected chi connectivity index (χ0v) is 14.8. The van der Waals surface area contributed by atoms with Gasteiger partial charge in [0.25, 0.3) is 0 Å². The summed E-state index contributed by atoms with van der Waals surface area (Å²) in [5.41, 5.74) is 0.667. The van der Waals surface area contributed by atoms with Crippen LogP contribution in [0.4, 0.5) is 0 Å². The molecule has 2 aromatic rings. The molecule has 2 rings (SSSR count). The lowest BCUT2D eigenvalue weighted by atomic mass is 10.1. The van der Waals surface area contributed by atoms with Crippen LogP contribution in [-0.4, -0.2) is 32.1 Å². The molecule has 0 aromatic heterocycles. The van der Waals surface area contributed by atoms with E-state index in [0.29, 0.717) is 23.7 Å². The highest BCUT2D eigenvalue weighted by molar-refractivity contribution is 6.32. The number of Topliss-reactive ketones (excluding diaryl/α,β-unsaturated/α-hetero) is 1. The molecule has 0 N–H and O–H groups in total. The molecule has 6 heteroatoms. The fraction of sp³-hybridized carbons (Fsp3) is 0.263. The van der Waals surface area contributed by atoms with Crippen LogP contribution in [0.15, 0.2) is 42.5 Å². The van der Waals surface area contributed by atoms with Crippen LogP contribution in [0.3, 0.4) is 0 Å². The summed E-state index contributed by atoms with van der Waals surface area (Å²) in [4.78, 5) is 24.2. The Balaban J connectivity index is 2.08.